The number of aromatic nitrogens is 2. The van der Waals surface area contributed by atoms with Gasteiger partial charge in [0.15, 0.2) is 0 Å². The highest BCUT2D eigenvalue weighted by atomic mass is 19.1. The number of amides is 1. The van der Waals surface area contributed by atoms with Gasteiger partial charge in [-0.15, -0.1) is 0 Å². The zero-order valence-electron chi connectivity index (χ0n) is 18.7. The molecule has 2 heterocycles. The molecule has 3 aromatic rings. The molecule has 1 amide bonds. The minimum atomic E-state index is -0.209. The maximum atomic E-state index is 13.3. The molecular weight excluding hydrogens is 403 g/mol. The molecule has 5 nitrogen and oxygen atoms in total. The van der Waals surface area contributed by atoms with Crippen molar-refractivity contribution < 1.29 is 9.18 Å². The molecule has 0 saturated heterocycles. The Labute approximate surface area is 188 Å². The third kappa shape index (κ3) is 4.32. The number of benzene rings is 2. The number of carbonyl (C=O) groups excluding carboxylic acids is 1. The Morgan fingerprint density at radius 3 is 2.53 bits per heavy atom. The van der Waals surface area contributed by atoms with Gasteiger partial charge in [-0.05, 0) is 49.6 Å². The van der Waals surface area contributed by atoms with Crippen LogP contribution in [-0.2, 0) is 30.8 Å². The van der Waals surface area contributed by atoms with Crippen LogP contribution in [0.25, 0.3) is 5.69 Å². The molecule has 1 fully saturated rings. The number of hydrogen-bond donors (Lipinski definition) is 0. The zero-order chi connectivity index (χ0) is 22.2. The van der Waals surface area contributed by atoms with E-state index in [9.17, 15) is 9.18 Å². The maximum Gasteiger partial charge on any atom is 0.225 e. The minimum Gasteiger partial charge on any atom is -0.340 e. The van der Waals surface area contributed by atoms with Crippen LogP contribution in [0.4, 0.5) is 4.39 Å². The molecule has 5 rings (SSSR count). The third-order valence-electron chi connectivity index (χ3n) is 6.51. The van der Waals surface area contributed by atoms with Gasteiger partial charge in [-0.25, -0.2) is 9.07 Å². The summed E-state index contributed by atoms with van der Waals surface area (Å²) >= 11 is 0. The van der Waals surface area contributed by atoms with Gasteiger partial charge < -0.3 is 4.90 Å². The van der Waals surface area contributed by atoms with Gasteiger partial charge in [0.2, 0.25) is 5.91 Å². The molecular formula is C26H29FN4O. The van der Waals surface area contributed by atoms with E-state index in [1.54, 1.807) is 0 Å². The van der Waals surface area contributed by atoms with Crippen molar-refractivity contribution in [1.82, 2.24) is 19.6 Å². The molecule has 1 aliphatic heterocycles. The Kier molecular flexibility index (Phi) is 5.55. The van der Waals surface area contributed by atoms with Crippen LogP contribution in [0.5, 0.6) is 0 Å². The molecule has 0 radical (unpaired) electrons. The molecule has 0 unspecified atom stereocenters. The SMILES string of the molecule is Cc1ccc(-n2nc(CN(C)C(=O)C3CC3)c3c2CCN(Cc2ccc(F)cc2)C3)cc1. The lowest BCUT2D eigenvalue weighted by Gasteiger charge is -2.28. The number of hydrogen-bond acceptors (Lipinski definition) is 3. The van der Waals surface area contributed by atoms with E-state index in [-0.39, 0.29) is 17.6 Å². The summed E-state index contributed by atoms with van der Waals surface area (Å²) in [6.45, 7) is 5.07. The highest BCUT2D eigenvalue weighted by Crippen LogP contribution is 2.32. The highest BCUT2D eigenvalue weighted by Gasteiger charge is 2.33. The standard InChI is InChI=1S/C26H29FN4O/c1-18-3-11-22(12-4-18)31-25-13-14-30(15-19-5-9-21(27)10-6-19)16-23(25)24(28-31)17-29(2)26(32)20-7-8-20/h3-6,9-12,20H,7-8,13-17H2,1-2H3. The lowest BCUT2D eigenvalue weighted by molar-refractivity contribution is -0.131. The van der Waals surface area contributed by atoms with Crippen molar-refractivity contribution in [2.75, 3.05) is 13.6 Å². The molecule has 0 atom stereocenters. The molecule has 1 aromatic heterocycles. The predicted octanol–water partition coefficient (Wildman–Crippen LogP) is 4.25. The third-order valence-corrected chi connectivity index (χ3v) is 6.51. The summed E-state index contributed by atoms with van der Waals surface area (Å²) in [7, 11) is 1.89. The first-order valence-electron chi connectivity index (χ1n) is 11.4. The first kappa shape index (κ1) is 20.9. The van der Waals surface area contributed by atoms with E-state index < -0.39 is 0 Å². The molecule has 2 aliphatic rings. The minimum absolute atomic E-state index is 0.199. The van der Waals surface area contributed by atoms with Crippen molar-refractivity contribution >= 4 is 5.91 Å². The van der Waals surface area contributed by atoms with Crippen LogP contribution >= 0.6 is 0 Å². The van der Waals surface area contributed by atoms with Gasteiger partial charge in [-0.3, -0.25) is 9.69 Å². The van der Waals surface area contributed by atoms with Gasteiger partial charge in [-0.1, -0.05) is 29.8 Å². The normalized spacial score (nSPS) is 16.1. The van der Waals surface area contributed by atoms with Crippen molar-refractivity contribution in [1.29, 1.82) is 0 Å². The molecule has 6 heteroatoms. The monoisotopic (exact) mass is 432 g/mol. The molecule has 0 bridgehead atoms. The number of fused-ring (bicyclic) bond motifs is 1. The number of aryl methyl sites for hydroxylation is 1. The van der Waals surface area contributed by atoms with Crippen LogP contribution in [-0.4, -0.2) is 39.1 Å². The average Bonchev–Trinajstić information content (AvgIpc) is 3.59. The van der Waals surface area contributed by atoms with Gasteiger partial charge in [0.05, 0.1) is 23.6 Å². The van der Waals surface area contributed by atoms with Gasteiger partial charge in [-0.2, -0.15) is 5.10 Å². The summed E-state index contributed by atoms with van der Waals surface area (Å²) < 4.78 is 15.4. The van der Waals surface area contributed by atoms with E-state index in [2.05, 4.69) is 40.8 Å². The van der Waals surface area contributed by atoms with Crippen LogP contribution in [0.2, 0.25) is 0 Å². The van der Waals surface area contributed by atoms with Crippen molar-refractivity contribution in [3.05, 3.63) is 82.4 Å². The van der Waals surface area contributed by atoms with Gasteiger partial charge >= 0.3 is 0 Å². The zero-order valence-corrected chi connectivity index (χ0v) is 18.7. The second-order valence-corrected chi connectivity index (χ2v) is 9.17. The summed E-state index contributed by atoms with van der Waals surface area (Å²) in [4.78, 5) is 16.8. The Hall–Kier alpha value is -2.99. The lowest BCUT2D eigenvalue weighted by atomic mass is 10.0. The van der Waals surface area contributed by atoms with Crippen LogP contribution in [0.15, 0.2) is 48.5 Å². The molecule has 32 heavy (non-hydrogen) atoms. The Morgan fingerprint density at radius 1 is 1.12 bits per heavy atom. The summed E-state index contributed by atoms with van der Waals surface area (Å²) in [6, 6.07) is 15.2. The second-order valence-electron chi connectivity index (χ2n) is 9.17. The number of carbonyl (C=O) groups is 1. The molecule has 166 valence electrons. The average molecular weight is 433 g/mol. The lowest BCUT2D eigenvalue weighted by Crippen LogP contribution is -2.32. The van der Waals surface area contributed by atoms with Gasteiger partial charge in [0.25, 0.3) is 0 Å². The first-order chi connectivity index (χ1) is 15.5. The number of rotatable bonds is 6. The van der Waals surface area contributed by atoms with Crippen molar-refractivity contribution in [2.24, 2.45) is 5.92 Å². The van der Waals surface area contributed by atoms with Crippen molar-refractivity contribution in [3.63, 3.8) is 0 Å². The van der Waals surface area contributed by atoms with E-state index in [1.807, 2.05) is 24.1 Å². The molecule has 1 saturated carbocycles. The molecule has 0 N–H and O–H groups in total. The van der Waals surface area contributed by atoms with Crippen LogP contribution in [0.3, 0.4) is 0 Å². The van der Waals surface area contributed by atoms with E-state index >= 15 is 0 Å². The fraction of sp³-hybridized carbons (Fsp3) is 0.385. The second kappa shape index (κ2) is 8.51. The largest absolute Gasteiger partial charge is 0.340 e. The van der Waals surface area contributed by atoms with Gasteiger partial charge in [0.1, 0.15) is 5.82 Å². The van der Waals surface area contributed by atoms with Crippen LogP contribution < -0.4 is 0 Å². The van der Waals surface area contributed by atoms with E-state index in [4.69, 9.17) is 5.10 Å². The van der Waals surface area contributed by atoms with E-state index in [0.717, 1.165) is 55.8 Å². The first-order valence-corrected chi connectivity index (χ1v) is 11.4. The molecule has 1 aliphatic carbocycles. The topological polar surface area (TPSA) is 41.4 Å². The molecule has 2 aromatic carbocycles. The van der Waals surface area contributed by atoms with Crippen LogP contribution in [0.1, 0.15) is 40.9 Å². The number of halogens is 1. The van der Waals surface area contributed by atoms with E-state index in [1.165, 1.54) is 29.0 Å². The van der Waals surface area contributed by atoms with Gasteiger partial charge in [0, 0.05) is 44.6 Å². The predicted molar refractivity (Wildman–Crippen MR) is 122 cm³/mol. The highest BCUT2D eigenvalue weighted by molar-refractivity contribution is 5.80. The fourth-order valence-electron chi connectivity index (χ4n) is 4.50. The van der Waals surface area contributed by atoms with Crippen molar-refractivity contribution in [2.45, 2.75) is 45.8 Å². The van der Waals surface area contributed by atoms with Crippen LogP contribution in [0, 0.1) is 18.7 Å². The van der Waals surface area contributed by atoms with Crippen molar-refractivity contribution in [3.8, 4) is 5.69 Å². The molecule has 0 spiro atoms. The Bertz CT molecular complexity index is 1120. The summed E-state index contributed by atoms with van der Waals surface area (Å²) in [5.41, 5.74) is 6.79. The quantitative estimate of drug-likeness (QED) is 0.585. The maximum absolute atomic E-state index is 13.3. The summed E-state index contributed by atoms with van der Waals surface area (Å²) in [5.74, 6) is 0.215. The number of nitrogens with zero attached hydrogens (tertiary/aromatic N) is 4. The summed E-state index contributed by atoms with van der Waals surface area (Å²) in [6.07, 6.45) is 2.90. The smallest absolute Gasteiger partial charge is 0.225 e. The summed E-state index contributed by atoms with van der Waals surface area (Å²) in [5, 5.41) is 4.99. The fourth-order valence-corrected chi connectivity index (χ4v) is 4.50. The Balaban J connectivity index is 1.44. The Morgan fingerprint density at radius 2 is 1.84 bits per heavy atom. The van der Waals surface area contributed by atoms with E-state index in [0.29, 0.717) is 6.54 Å².